The molecule has 3 heteroatoms. The van der Waals surface area contributed by atoms with Gasteiger partial charge in [0.25, 0.3) is 0 Å². The summed E-state index contributed by atoms with van der Waals surface area (Å²) in [5.74, 6) is 1.73. The lowest BCUT2D eigenvalue weighted by molar-refractivity contribution is 0.122. The Balaban J connectivity index is 1.98. The molecule has 3 nitrogen and oxygen atoms in total. The first-order valence-corrected chi connectivity index (χ1v) is 7.23. The molecule has 1 aliphatic heterocycles. The number of hydrogen-bond donors (Lipinski definition) is 1. The fourth-order valence-corrected chi connectivity index (χ4v) is 2.96. The lowest BCUT2D eigenvalue weighted by Gasteiger charge is -2.38. The molecular weight excluding hydrogens is 236 g/mol. The van der Waals surface area contributed by atoms with E-state index >= 15 is 0 Å². The molecule has 0 saturated carbocycles. The lowest BCUT2D eigenvalue weighted by Crippen LogP contribution is -2.43. The minimum absolute atomic E-state index is 0.0611. The number of hydrogen-bond acceptors (Lipinski definition) is 3. The van der Waals surface area contributed by atoms with E-state index in [2.05, 4.69) is 24.8 Å². The number of benzene rings is 1. The zero-order valence-corrected chi connectivity index (χ0v) is 12.3. The van der Waals surface area contributed by atoms with Crippen molar-refractivity contribution in [3.8, 4) is 5.75 Å². The van der Waals surface area contributed by atoms with Crippen molar-refractivity contribution in [1.29, 1.82) is 0 Å². The quantitative estimate of drug-likeness (QED) is 0.907. The van der Waals surface area contributed by atoms with Gasteiger partial charge in [0.05, 0.1) is 7.11 Å². The van der Waals surface area contributed by atoms with E-state index in [1.807, 2.05) is 18.2 Å². The first-order valence-electron chi connectivity index (χ1n) is 7.23. The van der Waals surface area contributed by atoms with E-state index in [9.17, 15) is 0 Å². The van der Waals surface area contributed by atoms with Gasteiger partial charge in [0.2, 0.25) is 0 Å². The minimum Gasteiger partial charge on any atom is -0.497 e. The molecule has 1 aromatic rings. The zero-order chi connectivity index (χ0) is 13.8. The molecule has 0 bridgehead atoms. The summed E-state index contributed by atoms with van der Waals surface area (Å²) < 4.78 is 5.26. The average Bonchev–Trinajstić information content (AvgIpc) is 2.42. The summed E-state index contributed by atoms with van der Waals surface area (Å²) in [7, 11) is 1.69. The monoisotopic (exact) mass is 262 g/mol. The van der Waals surface area contributed by atoms with Crippen LogP contribution in [0.1, 0.15) is 38.3 Å². The molecule has 3 atom stereocenters. The third-order valence-corrected chi connectivity index (χ3v) is 4.23. The van der Waals surface area contributed by atoms with Gasteiger partial charge >= 0.3 is 0 Å². The van der Waals surface area contributed by atoms with Crippen LogP contribution < -0.4 is 10.5 Å². The molecule has 19 heavy (non-hydrogen) atoms. The van der Waals surface area contributed by atoms with Crippen LogP contribution in [0.3, 0.4) is 0 Å². The predicted octanol–water partition coefficient (Wildman–Crippen LogP) is 2.82. The maximum atomic E-state index is 6.35. The minimum atomic E-state index is 0.0611. The Morgan fingerprint density at radius 1 is 1.42 bits per heavy atom. The number of piperidine rings is 1. The number of methoxy groups -OCH3 is 1. The van der Waals surface area contributed by atoms with Gasteiger partial charge < -0.3 is 10.5 Å². The van der Waals surface area contributed by atoms with Gasteiger partial charge in [0.1, 0.15) is 5.75 Å². The zero-order valence-electron chi connectivity index (χ0n) is 12.3. The van der Waals surface area contributed by atoms with Crippen molar-refractivity contribution in [2.75, 3.05) is 20.2 Å². The van der Waals surface area contributed by atoms with Gasteiger partial charge in [-0.1, -0.05) is 19.1 Å². The summed E-state index contributed by atoms with van der Waals surface area (Å²) in [6, 6.07) is 8.80. The van der Waals surface area contributed by atoms with Crippen LogP contribution in [0.15, 0.2) is 24.3 Å². The molecule has 1 aliphatic rings. The van der Waals surface area contributed by atoms with E-state index in [0.717, 1.165) is 23.8 Å². The van der Waals surface area contributed by atoms with Crippen molar-refractivity contribution in [2.24, 2.45) is 11.7 Å². The molecule has 0 aromatic heterocycles. The van der Waals surface area contributed by atoms with Crippen molar-refractivity contribution in [2.45, 2.75) is 38.8 Å². The number of likely N-dealkylation sites (tertiary alicyclic amines) is 1. The van der Waals surface area contributed by atoms with Gasteiger partial charge in [-0.25, -0.2) is 0 Å². The highest BCUT2D eigenvalue weighted by atomic mass is 16.5. The summed E-state index contributed by atoms with van der Waals surface area (Å²) in [5, 5.41) is 0. The Kier molecular flexibility index (Phi) is 4.83. The van der Waals surface area contributed by atoms with Gasteiger partial charge in [-0.05, 0) is 49.9 Å². The molecule has 2 rings (SSSR count). The highest BCUT2D eigenvalue weighted by Crippen LogP contribution is 2.25. The Morgan fingerprint density at radius 2 is 2.21 bits per heavy atom. The maximum Gasteiger partial charge on any atom is 0.119 e. The molecule has 1 heterocycles. The molecule has 1 saturated heterocycles. The van der Waals surface area contributed by atoms with Crippen LogP contribution in [0.4, 0.5) is 0 Å². The van der Waals surface area contributed by atoms with Gasteiger partial charge in [-0.15, -0.1) is 0 Å². The average molecular weight is 262 g/mol. The van der Waals surface area contributed by atoms with Crippen molar-refractivity contribution < 1.29 is 4.74 Å². The molecular formula is C16H26N2O. The second-order valence-electron chi connectivity index (χ2n) is 5.86. The topological polar surface area (TPSA) is 38.5 Å². The standard InChI is InChI=1S/C16H26N2O/c1-12-7-8-18(13(2)9-12)11-16(17)14-5-4-6-15(10-14)19-3/h4-6,10,12-13,16H,7-9,11,17H2,1-3H3. The fourth-order valence-electron chi connectivity index (χ4n) is 2.96. The van der Waals surface area contributed by atoms with Gasteiger partial charge in [-0.2, -0.15) is 0 Å². The molecule has 3 unspecified atom stereocenters. The van der Waals surface area contributed by atoms with Gasteiger partial charge in [0.15, 0.2) is 0 Å². The van der Waals surface area contributed by atoms with Crippen LogP contribution in [0.5, 0.6) is 5.75 Å². The van der Waals surface area contributed by atoms with Crippen LogP contribution in [-0.4, -0.2) is 31.1 Å². The predicted molar refractivity (Wildman–Crippen MR) is 79.4 cm³/mol. The molecule has 1 aromatic carbocycles. The third kappa shape index (κ3) is 3.71. The highest BCUT2D eigenvalue weighted by molar-refractivity contribution is 5.30. The first-order chi connectivity index (χ1) is 9.10. The number of rotatable bonds is 4. The molecule has 0 spiro atoms. The van der Waals surface area contributed by atoms with E-state index in [4.69, 9.17) is 10.5 Å². The van der Waals surface area contributed by atoms with Crippen molar-refractivity contribution in [3.05, 3.63) is 29.8 Å². The Hall–Kier alpha value is -1.06. The van der Waals surface area contributed by atoms with Crippen LogP contribution in [0.2, 0.25) is 0 Å². The highest BCUT2D eigenvalue weighted by Gasteiger charge is 2.24. The summed E-state index contributed by atoms with van der Waals surface area (Å²) in [6.45, 7) is 6.75. The summed E-state index contributed by atoms with van der Waals surface area (Å²) in [4.78, 5) is 2.52. The van der Waals surface area contributed by atoms with Crippen LogP contribution in [0.25, 0.3) is 0 Å². The third-order valence-electron chi connectivity index (χ3n) is 4.23. The SMILES string of the molecule is COc1cccc(C(N)CN2CCC(C)CC2C)c1. The first kappa shape index (κ1) is 14.4. The summed E-state index contributed by atoms with van der Waals surface area (Å²) >= 11 is 0. The largest absolute Gasteiger partial charge is 0.497 e. The Labute approximate surface area is 116 Å². The second-order valence-corrected chi connectivity index (χ2v) is 5.86. The molecule has 0 aliphatic carbocycles. The summed E-state index contributed by atoms with van der Waals surface area (Å²) in [5.41, 5.74) is 7.51. The fraction of sp³-hybridized carbons (Fsp3) is 0.625. The van der Waals surface area contributed by atoms with E-state index in [-0.39, 0.29) is 6.04 Å². The Morgan fingerprint density at radius 3 is 2.89 bits per heavy atom. The van der Waals surface area contributed by atoms with Gasteiger partial charge in [-0.3, -0.25) is 4.90 Å². The molecule has 1 fully saturated rings. The van der Waals surface area contributed by atoms with Crippen molar-refractivity contribution in [3.63, 3.8) is 0 Å². The molecule has 106 valence electrons. The van der Waals surface area contributed by atoms with E-state index in [1.54, 1.807) is 7.11 Å². The van der Waals surface area contributed by atoms with Crippen LogP contribution in [0, 0.1) is 5.92 Å². The number of nitrogens with two attached hydrogens (primary N) is 1. The maximum absolute atomic E-state index is 6.35. The molecule has 2 N–H and O–H groups in total. The van der Waals surface area contributed by atoms with Crippen LogP contribution >= 0.6 is 0 Å². The van der Waals surface area contributed by atoms with E-state index < -0.39 is 0 Å². The number of ether oxygens (including phenoxy) is 1. The van der Waals surface area contributed by atoms with Crippen molar-refractivity contribution >= 4 is 0 Å². The smallest absolute Gasteiger partial charge is 0.119 e. The van der Waals surface area contributed by atoms with Crippen molar-refractivity contribution in [1.82, 2.24) is 4.90 Å². The van der Waals surface area contributed by atoms with Crippen LogP contribution in [-0.2, 0) is 0 Å². The van der Waals surface area contributed by atoms with E-state index in [0.29, 0.717) is 6.04 Å². The second kappa shape index (κ2) is 6.40. The number of nitrogens with zero attached hydrogens (tertiary/aromatic N) is 1. The molecule has 0 amide bonds. The Bertz CT molecular complexity index is 407. The van der Waals surface area contributed by atoms with Gasteiger partial charge in [0, 0.05) is 18.6 Å². The summed E-state index contributed by atoms with van der Waals surface area (Å²) in [6.07, 6.45) is 2.57. The molecule has 0 radical (unpaired) electrons. The normalized spacial score (nSPS) is 26.1. The lowest BCUT2D eigenvalue weighted by atomic mass is 9.92. The van der Waals surface area contributed by atoms with E-state index in [1.165, 1.54) is 19.4 Å².